The van der Waals surface area contributed by atoms with Crippen LogP contribution in [-0.2, 0) is 0 Å². The van der Waals surface area contributed by atoms with Crippen molar-refractivity contribution in [3.63, 3.8) is 0 Å². The van der Waals surface area contributed by atoms with E-state index in [2.05, 4.69) is 27.9 Å². The molecule has 0 saturated carbocycles. The van der Waals surface area contributed by atoms with Crippen LogP contribution < -0.4 is 10.5 Å². The summed E-state index contributed by atoms with van der Waals surface area (Å²) in [6, 6.07) is 11.8. The molecular formula is C24H25N3O3. The predicted octanol–water partition coefficient (Wildman–Crippen LogP) is 4.36. The van der Waals surface area contributed by atoms with Crippen LogP contribution in [0.15, 0.2) is 50.0 Å². The van der Waals surface area contributed by atoms with Gasteiger partial charge in [-0.1, -0.05) is 0 Å². The highest BCUT2D eigenvalue weighted by Gasteiger charge is 2.17. The van der Waals surface area contributed by atoms with Crippen LogP contribution in [0, 0.1) is 13.8 Å². The van der Waals surface area contributed by atoms with Crippen molar-refractivity contribution in [3.8, 4) is 11.3 Å². The van der Waals surface area contributed by atoms with Gasteiger partial charge in [-0.3, -0.25) is 4.98 Å². The maximum absolute atomic E-state index is 12.8. The minimum atomic E-state index is -0.392. The van der Waals surface area contributed by atoms with Crippen molar-refractivity contribution in [2.24, 2.45) is 0 Å². The van der Waals surface area contributed by atoms with E-state index in [1.54, 1.807) is 0 Å². The molecule has 6 nitrogen and oxygen atoms in total. The largest absolute Gasteiger partial charge is 0.454 e. The third kappa shape index (κ3) is 3.37. The molecule has 30 heavy (non-hydrogen) atoms. The predicted molar refractivity (Wildman–Crippen MR) is 119 cm³/mol. The molecule has 0 radical (unpaired) electrons. The second kappa shape index (κ2) is 7.29. The Hall–Kier alpha value is -3.12. The standard InChI is InChI=1S/C24H25N3O3/c1-15-11-18-13-22(29-23(18)16(2)25-15)20-12-17-5-6-19(14-21(17)30-24(20)28)27-8-4-7-26(3)9-10-27/h5-6,11-14H,4,7-10H2,1-3H3. The molecule has 4 heterocycles. The van der Waals surface area contributed by atoms with Crippen molar-refractivity contribution in [2.45, 2.75) is 20.3 Å². The molecule has 1 fully saturated rings. The van der Waals surface area contributed by atoms with Gasteiger partial charge in [0, 0.05) is 47.9 Å². The minimum Gasteiger partial charge on any atom is -0.454 e. The first-order valence-corrected chi connectivity index (χ1v) is 10.4. The number of likely N-dealkylation sites (N-methyl/N-ethyl adjacent to an activating group) is 1. The Balaban J connectivity index is 1.54. The lowest BCUT2D eigenvalue weighted by Crippen LogP contribution is -2.28. The zero-order chi connectivity index (χ0) is 20.8. The van der Waals surface area contributed by atoms with Crippen molar-refractivity contribution in [1.29, 1.82) is 0 Å². The molecule has 0 unspecified atom stereocenters. The summed E-state index contributed by atoms with van der Waals surface area (Å²) in [5, 5.41) is 1.82. The Bertz CT molecular complexity index is 1300. The summed E-state index contributed by atoms with van der Waals surface area (Å²) < 4.78 is 11.7. The molecular weight excluding hydrogens is 378 g/mol. The Morgan fingerprint density at radius 3 is 2.67 bits per heavy atom. The van der Waals surface area contributed by atoms with Crippen molar-refractivity contribution in [2.75, 3.05) is 38.1 Å². The molecule has 1 aliphatic rings. The highest BCUT2D eigenvalue weighted by Crippen LogP contribution is 2.30. The van der Waals surface area contributed by atoms with E-state index >= 15 is 0 Å². The number of pyridine rings is 1. The van der Waals surface area contributed by atoms with Crippen LogP contribution in [0.3, 0.4) is 0 Å². The van der Waals surface area contributed by atoms with Crippen molar-refractivity contribution in [3.05, 3.63) is 58.2 Å². The Labute approximate surface area is 174 Å². The molecule has 0 spiro atoms. The molecule has 0 atom stereocenters. The smallest absolute Gasteiger partial charge is 0.347 e. The number of furan rings is 1. The number of benzene rings is 1. The van der Waals surface area contributed by atoms with E-state index in [9.17, 15) is 4.79 Å². The van der Waals surface area contributed by atoms with Crippen LogP contribution in [0.4, 0.5) is 5.69 Å². The number of aromatic nitrogens is 1. The molecule has 1 aliphatic heterocycles. The maximum atomic E-state index is 12.8. The van der Waals surface area contributed by atoms with Gasteiger partial charge in [0.05, 0.1) is 5.69 Å². The summed E-state index contributed by atoms with van der Waals surface area (Å²) in [4.78, 5) is 21.9. The van der Waals surface area contributed by atoms with Crippen molar-refractivity contribution in [1.82, 2.24) is 9.88 Å². The number of fused-ring (bicyclic) bond motifs is 2. The number of hydrogen-bond donors (Lipinski definition) is 0. The van der Waals surface area contributed by atoms with Crippen LogP contribution in [0.2, 0.25) is 0 Å². The van der Waals surface area contributed by atoms with Gasteiger partial charge in [-0.15, -0.1) is 0 Å². The van der Waals surface area contributed by atoms with Gasteiger partial charge in [-0.05, 0) is 64.2 Å². The first-order valence-electron chi connectivity index (χ1n) is 10.4. The number of rotatable bonds is 2. The van der Waals surface area contributed by atoms with Crippen LogP contribution >= 0.6 is 0 Å². The number of aryl methyl sites for hydroxylation is 2. The van der Waals surface area contributed by atoms with Gasteiger partial charge < -0.3 is 18.6 Å². The number of anilines is 1. The molecule has 3 aromatic heterocycles. The van der Waals surface area contributed by atoms with Crippen molar-refractivity contribution >= 4 is 27.6 Å². The van der Waals surface area contributed by atoms with Gasteiger partial charge in [0.2, 0.25) is 0 Å². The molecule has 0 N–H and O–H groups in total. The summed E-state index contributed by atoms with van der Waals surface area (Å²) in [7, 11) is 2.15. The normalized spacial score (nSPS) is 15.8. The third-order valence-electron chi connectivity index (χ3n) is 5.87. The van der Waals surface area contributed by atoms with E-state index < -0.39 is 5.63 Å². The molecule has 6 heteroatoms. The number of hydrogen-bond acceptors (Lipinski definition) is 6. The topological polar surface area (TPSA) is 62.7 Å². The van der Waals surface area contributed by atoms with Crippen LogP contribution in [-0.4, -0.2) is 43.1 Å². The highest BCUT2D eigenvalue weighted by molar-refractivity contribution is 5.88. The lowest BCUT2D eigenvalue weighted by molar-refractivity contribution is 0.360. The van der Waals surface area contributed by atoms with Crippen LogP contribution in [0.5, 0.6) is 0 Å². The average Bonchev–Trinajstić information content (AvgIpc) is 3.01. The minimum absolute atomic E-state index is 0.392. The van der Waals surface area contributed by atoms with E-state index in [0.29, 0.717) is 22.5 Å². The lowest BCUT2D eigenvalue weighted by atomic mass is 10.1. The summed E-state index contributed by atoms with van der Waals surface area (Å²) in [6.45, 7) is 7.96. The van der Waals surface area contributed by atoms with Gasteiger partial charge in [0.25, 0.3) is 0 Å². The number of nitrogens with zero attached hydrogens (tertiary/aromatic N) is 3. The fourth-order valence-corrected chi connectivity index (χ4v) is 4.27. The second-order valence-electron chi connectivity index (χ2n) is 8.19. The molecule has 0 bridgehead atoms. The molecule has 1 aromatic carbocycles. The molecule has 5 rings (SSSR count). The van der Waals surface area contributed by atoms with E-state index in [0.717, 1.165) is 60.4 Å². The van der Waals surface area contributed by atoms with Gasteiger partial charge in [-0.25, -0.2) is 4.79 Å². The fraction of sp³-hybridized carbons (Fsp3) is 0.333. The molecule has 0 amide bonds. The maximum Gasteiger partial charge on any atom is 0.347 e. The fourth-order valence-electron chi connectivity index (χ4n) is 4.27. The first kappa shape index (κ1) is 18.9. The van der Waals surface area contributed by atoms with Gasteiger partial charge in [0.15, 0.2) is 5.58 Å². The second-order valence-corrected chi connectivity index (χ2v) is 8.19. The summed E-state index contributed by atoms with van der Waals surface area (Å²) in [5.74, 6) is 0.510. The Morgan fingerprint density at radius 2 is 1.80 bits per heavy atom. The monoisotopic (exact) mass is 403 g/mol. The van der Waals surface area contributed by atoms with E-state index in [4.69, 9.17) is 8.83 Å². The summed E-state index contributed by atoms with van der Waals surface area (Å²) >= 11 is 0. The van der Waals surface area contributed by atoms with Gasteiger partial charge in [0.1, 0.15) is 16.9 Å². The lowest BCUT2D eigenvalue weighted by Gasteiger charge is -2.22. The van der Waals surface area contributed by atoms with E-state index in [1.807, 2.05) is 44.2 Å². The van der Waals surface area contributed by atoms with Crippen molar-refractivity contribution < 1.29 is 8.83 Å². The quantitative estimate of drug-likeness (QED) is 0.464. The Kier molecular flexibility index (Phi) is 4.59. The zero-order valence-electron chi connectivity index (χ0n) is 17.6. The molecule has 1 saturated heterocycles. The highest BCUT2D eigenvalue weighted by atomic mass is 16.4. The SMILES string of the molecule is Cc1cc2cc(-c3cc4ccc(N5CCCN(C)CC5)cc4oc3=O)oc2c(C)n1. The molecule has 4 aromatic rings. The molecule has 154 valence electrons. The summed E-state index contributed by atoms with van der Waals surface area (Å²) in [5.41, 5.74) is 4.17. The van der Waals surface area contributed by atoms with E-state index in [1.165, 1.54) is 0 Å². The third-order valence-corrected chi connectivity index (χ3v) is 5.87. The van der Waals surface area contributed by atoms with Crippen LogP contribution in [0.25, 0.3) is 33.3 Å². The molecule has 0 aliphatic carbocycles. The zero-order valence-corrected chi connectivity index (χ0v) is 17.6. The summed E-state index contributed by atoms with van der Waals surface area (Å²) in [6.07, 6.45) is 1.12. The van der Waals surface area contributed by atoms with Gasteiger partial charge >= 0.3 is 5.63 Å². The average molecular weight is 403 g/mol. The first-order chi connectivity index (χ1) is 14.5. The van der Waals surface area contributed by atoms with Gasteiger partial charge in [-0.2, -0.15) is 0 Å². The Morgan fingerprint density at radius 1 is 0.933 bits per heavy atom. The van der Waals surface area contributed by atoms with Crippen LogP contribution in [0.1, 0.15) is 17.8 Å². The van der Waals surface area contributed by atoms with E-state index in [-0.39, 0.29) is 0 Å².